The second-order valence-corrected chi connectivity index (χ2v) is 9.92. The molecule has 1 aliphatic heterocycles. The van der Waals surface area contributed by atoms with Gasteiger partial charge in [-0.2, -0.15) is 0 Å². The number of hydrogen-bond donors (Lipinski definition) is 0. The van der Waals surface area contributed by atoms with Crippen LogP contribution in [0.2, 0.25) is 0 Å². The summed E-state index contributed by atoms with van der Waals surface area (Å²) < 4.78 is 0. The zero-order chi connectivity index (χ0) is 24.2. The molecule has 1 saturated heterocycles. The Bertz CT molecular complexity index is 978. The average Bonchev–Trinajstić information content (AvgIpc) is 3.21. The fourth-order valence-electron chi connectivity index (χ4n) is 4.70. The first kappa shape index (κ1) is 24.1. The molecular formula is C29H39N5. The molecular weight excluding hydrogens is 418 g/mol. The van der Waals surface area contributed by atoms with Crippen molar-refractivity contribution in [1.29, 1.82) is 0 Å². The summed E-state index contributed by atoms with van der Waals surface area (Å²) in [5.74, 6) is 0. The largest absolute Gasteiger partial charge is 0.378 e. The standard InChI is InChI=1S/C29H39N5/c1-30(2)26-13-7-23(8-14-26)21-33-19-20-34(22-24-9-15-27(16-10-24)31(3)4)29(33)25-11-17-28(18-12-25)32(5)6/h7-18,29H,19-22H2,1-6H3. The second-order valence-electron chi connectivity index (χ2n) is 9.92. The number of benzene rings is 3. The maximum absolute atomic E-state index is 2.61. The summed E-state index contributed by atoms with van der Waals surface area (Å²) >= 11 is 0. The SMILES string of the molecule is CN(C)c1ccc(CN2CCN(Cc3ccc(N(C)C)cc3)C2c2ccc(N(C)C)cc2)cc1. The van der Waals surface area contributed by atoms with Gasteiger partial charge in [-0.05, 0) is 53.1 Å². The maximum atomic E-state index is 2.61. The third-order valence-electron chi connectivity index (χ3n) is 6.75. The Morgan fingerprint density at radius 3 is 1.18 bits per heavy atom. The van der Waals surface area contributed by atoms with Gasteiger partial charge in [0.1, 0.15) is 0 Å². The highest BCUT2D eigenvalue weighted by Gasteiger charge is 2.33. The van der Waals surface area contributed by atoms with E-state index in [0.29, 0.717) is 0 Å². The van der Waals surface area contributed by atoms with Crippen LogP contribution in [0.3, 0.4) is 0 Å². The van der Waals surface area contributed by atoms with Crippen LogP contribution < -0.4 is 14.7 Å². The molecule has 0 amide bonds. The van der Waals surface area contributed by atoms with E-state index in [0.717, 1.165) is 26.2 Å². The summed E-state index contributed by atoms with van der Waals surface area (Å²) in [5.41, 5.74) is 7.79. The van der Waals surface area contributed by atoms with Crippen LogP contribution >= 0.6 is 0 Å². The molecule has 34 heavy (non-hydrogen) atoms. The minimum Gasteiger partial charge on any atom is -0.378 e. The zero-order valence-electron chi connectivity index (χ0n) is 21.6. The molecule has 3 aromatic rings. The van der Waals surface area contributed by atoms with Gasteiger partial charge in [0.15, 0.2) is 0 Å². The van der Waals surface area contributed by atoms with Crippen molar-refractivity contribution in [1.82, 2.24) is 9.80 Å². The zero-order valence-corrected chi connectivity index (χ0v) is 21.6. The van der Waals surface area contributed by atoms with Crippen LogP contribution in [0.4, 0.5) is 17.1 Å². The molecule has 0 spiro atoms. The summed E-state index contributed by atoms with van der Waals surface area (Å²) in [6.45, 7) is 4.02. The van der Waals surface area contributed by atoms with E-state index in [1.165, 1.54) is 33.8 Å². The van der Waals surface area contributed by atoms with Gasteiger partial charge >= 0.3 is 0 Å². The summed E-state index contributed by atoms with van der Waals surface area (Å²) in [6.07, 6.45) is 0.262. The van der Waals surface area contributed by atoms with E-state index in [9.17, 15) is 0 Å². The molecule has 1 aliphatic rings. The first-order valence-corrected chi connectivity index (χ1v) is 12.1. The molecule has 3 aromatic carbocycles. The van der Waals surface area contributed by atoms with Gasteiger partial charge in [0.05, 0.1) is 6.17 Å². The Hall–Kier alpha value is -3.02. The highest BCUT2D eigenvalue weighted by Crippen LogP contribution is 2.34. The maximum Gasteiger partial charge on any atom is 0.0892 e. The van der Waals surface area contributed by atoms with Gasteiger partial charge in [0, 0.05) is 85.5 Å². The summed E-state index contributed by atoms with van der Waals surface area (Å²) in [7, 11) is 12.5. The first-order chi connectivity index (χ1) is 16.3. The Morgan fingerprint density at radius 2 is 0.853 bits per heavy atom. The highest BCUT2D eigenvalue weighted by atomic mass is 15.4. The Kier molecular flexibility index (Phi) is 7.44. The van der Waals surface area contributed by atoms with Crippen molar-refractivity contribution >= 4 is 17.1 Å². The normalized spacial score (nSPS) is 15.0. The van der Waals surface area contributed by atoms with E-state index in [1.54, 1.807) is 0 Å². The number of hydrogen-bond acceptors (Lipinski definition) is 5. The summed E-state index contributed by atoms with van der Waals surface area (Å²) in [4.78, 5) is 11.7. The molecule has 180 valence electrons. The van der Waals surface area contributed by atoms with Gasteiger partial charge in [-0.15, -0.1) is 0 Å². The average molecular weight is 458 g/mol. The highest BCUT2D eigenvalue weighted by molar-refractivity contribution is 5.48. The minimum absolute atomic E-state index is 0.262. The molecule has 0 unspecified atom stereocenters. The van der Waals surface area contributed by atoms with Crippen LogP contribution in [0.5, 0.6) is 0 Å². The number of nitrogens with zero attached hydrogens (tertiary/aromatic N) is 5. The van der Waals surface area contributed by atoms with Gasteiger partial charge < -0.3 is 14.7 Å². The van der Waals surface area contributed by atoms with Crippen LogP contribution in [0.1, 0.15) is 22.9 Å². The molecule has 0 aromatic heterocycles. The number of rotatable bonds is 8. The third-order valence-corrected chi connectivity index (χ3v) is 6.75. The van der Waals surface area contributed by atoms with Crippen LogP contribution in [-0.4, -0.2) is 65.2 Å². The first-order valence-electron chi connectivity index (χ1n) is 12.1. The Morgan fingerprint density at radius 1 is 0.529 bits per heavy atom. The van der Waals surface area contributed by atoms with Gasteiger partial charge in [0.2, 0.25) is 0 Å². The van der Waals surface area contributed by atoms with Crippen LogP contribution in [-0.2, 0) is 13.1 Å². The lowest BCUT2D eigenvalue weighted by molar-refractivity contribution is 0.126. The van der Waals surface area contributed by atoms with E-state index in [1.807, 2.05) is 0 Å². The van der Waals surface area contributed by atoms with Crippen molar-refractivity contribution in [2.75, 3.05) is 70.1 Å². The summed E-state index contributed by atoms with van der Waals surface area (Å²) in [6, 6.07) is 27.0. The quantitative estimate of drug-likeness (QED) is 0.477. The van der Waals surface area contributed by atoms with E-state index >= 15 is 0 Å². The van der Waals surface area contributed by atoms with Crippen molar-refractivity contribution in [3.8, 4) is 0 Å². The lowest BCUT2D eigenvalue weighted by atomic mass is 10.1. The molecule has 1 heterocycles. The van der Waals surface area contributed by atoms with E-state index in [-0.39, 0.29) is 6.17 Å². The van der Waals surface area contributed by atoms with E-state index in [4.69, 9.17) is 0 Å². The second kappa shape index (κ2) is 10.5. The van der Waals surface area contributed by atoms with Crippen LogP contribution in [0.15, 0.2) is 72.8 Å². The van der Waals surface area contributed by atoms with Gasteiger partial charge in [-0.25, -0.2) is 0 Å². The third kappa shape index (κ3) is 5.54. The number of anilines is 3. The molecule has 0 saturated carbocycles. The lowest BCUT2D eigenvalue weighted by Gasteiger charge is -2.31. The topological polar surface area (TPSA) is 16.2 Å². The predicted octanol–water partition coefficient (Wildman–Crippen LogP) is 4.90. The molecule has 0 aliphatic carbocycles. The van der Waals surface area contributed by atoms with Gasteiger partial charge in [0.25, 0.3) is 0 Å². The predicted molar refractivity (Wildman–Crippen MR) is 146 cm³/mol. The molecule has 0 bridgehead atoms. The molecule has 4 rings (SSSR count). The van der Waals surface area contributed by atoms with Gasteiger partial charge in [-0.1, -0.05) is 36.4 Å². The molecule has 5 heteroatoms. The molecule has 0 N–H and O–H groups in total. The van der Waals surface area contributed by atoms with E-state index in [2.05, 4.69) is 140 Å². The van der Waals surface area contributed by atoms with E-state index < -0.39 is 0 Å². The van der Waals surface area contributed by atoms with Crippen LogP contribution in [0.25, 0.3) is 0 Å². The Labute approximate surface area is 205 Å². The monoisotopic (exact) mass is 457 g/mol. The smallest absolute Gasteiger partial charge is 0.0892 e. The molecule has 0 radical (unpaired) electrons. The molecule has 1 fully saturated rings. The van der Waals surface area contributed by atoms with Crippen molar-refractivity contribution in [3.05, 3.63) is 89.5 Å². The fraction of sp³-hybridized carbons (Fsp3) is 0.379. The lowest BCUT2D eigenvalue weighted by Crippen LogP contribution is -2.30. The van der Waals surface area contributed by atoms with Crippen LogP contribution in [0, 0.1) is 0 Å². The Balaban J connectivity index is 1.57. The minimum atomic E-state index is 0.262. The molecule has 0 atom stereocenters. The van der Waals surface area contributed by atoms with Crippen molar-refractivity contribution in [2.24, 2.45) is 0 Å². The summed E-state index contributed by atoms with van der Waals surface area (Å²) in [5, 5.41) is 0. The van der Waals surface area contributed by atoms with Crippen molar-refractivity contribution < 1.29 is 0 Å². The van der Waals surface area contributed by atoms with Crippen molar-refractivity contribution in [3.63, 3.8) is 0 Å². The van der Waals surface area contributed by atoms with Gasteiger partial charge in [-0.3, -0.25) is 9.80 Å². The molecule has 5 nitrogen and oxygen atoms in total. The van der Waals surface area contributed by atoms with Crippen molar-refractivity contribution in [2.45, 2.75) is 19.3 Å². The fourth-order valence-corrected chi connectivity index (χ4v) is 4.70.